The second-order valence-electron chi connectivity index (χ2n) is 5.48. The fourth-order valence-electron chi connectivity index (χ4n) is 2.68. The van der Waals surface area contributed by atoms with Crippen molar-refractivity contribution in [2.24, 2.45) is 0 Å². The van der Waals surface area contributed by atoms with E-state index in [0.29, 0.717) is 0 Å². The SMILES string of the molecule is O=S(=O)(NCCOc1ccc2c(c1)CCC2)c1ccc(F)cc1. The summed E-state index contributed by atoms with van der Waals surface area (Å²) in [4.78, 5) is 0.0384. The van der Waals surface area contributed by atoms with Crippen LogP contribution < -0.4 is 9.46 Å². The molecule has 0 atom stereocenters. The Morgan fingerprint density at radius 3 is 2.57 bits per heavy atom. The molecule has 2 aromatic rings. The molecule has 0 bridgehead atoms. The van der Waals surface area contributed by atoms with Gasteiger partial charge >= 0.3 is 0 Å². The van der Waals surface area contributed by atoms with Crippen molar-refractivity contribution in [3.8, 4) is 5.75 Å². The molecule has 1 aliphatic carbocycles. The van der Waals surface area contributed by atoms with Crippen LogP contribution in [0.5, 0.6) is 5.75 Å². The van der Waals surface area contributed by atoms with E-state index in [1.165, 1.54) is 29.7 Å². The lowest BCUT2D eigenvalue weighted by Gasteiger charge is -2.10. The van der Waals surface area contributed by atoms with Gasteiger partial charge in [-0.1, -0.05) is 6.07 Å². The molecule has 0 aromatic heterocycles. The normalized spacial score (nSPS) is 13.8. The van der Waals surface area contributed by atoms with Crippen LogP contribution in [0.1, 0.15) is 17.5 Å². The van der Waals surface area contributed by atoms with E-state index in [0.717, 1.165) is 30.7 Å². The molecule has 0 spiro atoms. The molecule has 0 saturated heterocycles. The molecule has 3 rings (SSSR count). The van der Waals surface area contributed by atoms with Crippen LogP contribution in [-0.4, -0.2) is 21.6 Å². The van der Waals surface area contributed by atoms with E-state index in [1.54, 1.807) is 0 Å². The summed E-state index contributed by atoms with van der Waals surface area (Å²) in [5, 5.41) is 0. The summed E-state index contributed by atoms with van der Waals surface area (Å²) in [5.41, 5.74) is 2.68. The molecule has 1 N–H and O–H groups in total. The fraction of sp³-hybridized carbons (Fsp3) is 0.294. The van der Waals surface area contributed by atoms with Crippen LogP contribution in [0.25, 0.3) is 0 Å². The first kappa shape index (κ1) is 16.0. The van der Waals surface area contributed by atoms with Crippen molar-refractivity contribution < 1.29 is 17.5 Å². The molecule has 1 aliphatic rings. The Balaban J connectivity index is 1.52. The molecule has 0 amide bonds. The van der Waals surface area contributed by atoms with E-state index in [2.05, 4.69) is 10.8 Å². The third-order valence-electron chi connectivity index (χ3n) is 3.86. The predicted molar refractivity (Wildman–Crippen MR) is 85.6 cm³/mol. The van der Waals surface area contributed by atoms with Crippen molar-refractivity contribution in [2.45, 2.75) is 24.2 Å². The van der Waals surface area contributed by atoms with Gasteiger partial charge in [-0.2, -0.15) is 0 Å². The minimum absolute atomic E-state index is 0.0384. The first-order valence-corrected chi connectivity index (χ1v) is 9.03. The molecule has 0 unspecified atom stereocenters. The Bertz CT molecular complexity index is 788. The van der Waals surface area contributed by atoms with Gasteiger partial charge in [0.25, 0.3) is 0 Å². The third kappa shape index (κ3) is 3.89. The molecule has 0 radical (unpaired) electrons. The number of hydrogen-bond acceptors (Lipinski definition) is 3. The van der Waals surface area contributed by atoms with Gasteiger partial charge in [-0.15, -0.1) is 0 Å². The van der Waals surface area contributed by atoms with E-state index in [9.17, 15) is 12.8 Å². The van der Waals surface area contributed by atoms with Crippen LogP contribution in [0, 0.1) is 5.82 Å². The summed E-state index contributed by atoms with van der Waals surface area (Å²) in [6.45, 7) is 0.385. The molecule has 0 heterocycles. The topological polar surface area (TPSA) is 55.4 Å². The van der Waals surface area contributed by atoms with Gasteiger partial charge in [0, 0.05) is 6.54 Å². The lowest BCUT2D eigenvalue weighted by atomic mass is 10.1. The zero-order valence-corrected chi connectivity index (χ0v) is 13.4. The number of rotatable bonds is 6. The Kier molecular flexibility index (Phi) is 4.63. The molecule has 2 aromatic carbocycles. The van der Waals surface area contributed by atoms with Crippen LogP contribution in [0.3, 0.4) is 0 Å². The molecular formula is C17H18FNO3S. The highest BCUT2D eigenvalue weighted by atomic mass is 32.2. The number of halogens is 1. The predicted octanol–water partition coefficient (Wildman–Crippen LogP) is 2.67. The number of benzene rings is 2. The highest BCUT2D eigenvalue weighted by molar-refractivity contribution is 7.89. The average molecular weight is 335 g/mol. The van der Waals surface area contributed by atoms with E-state index < -0.39 is 15.8 Å². The molecule has 0 saturated carbocycles. The molecule has 23 heavy (non-hydrogen) atoms. The maximum absolute atomic E-state index is 12.8. The lowest BCUT2D eigenvalue weighted by Crippen LogP contribution is -2.28. The number of hydrogen-bond donors (Lipinski definition) is 1. The van der Waals surface area contributed by atoms with Crippen LogP contribution in [0.2, 0.25) is 0 Å². The standard InChI is InChI=1S/C17H18FNO3S/c18-15-5-8-17(9-6-15)23(20,21)19-10-11-22-16-7-4-13-2-1-3-14(13)12-16/h4-9,12,19H,1-3,10-11H2. The Labute approximate surface area is 135 Å². The maximum Gasteiger partial charge on any atom is 0.240 e. The van der Waals surface area contributed by atoms with Crippen molar-refractivity contribution in [1.29, 1.82) is 0 Å². The molecular weight excluding hydrogens is 317 g/mol. The second-order valence-corrected chi connectivity index (χ2v) is 7.25. The number of fused-ring (bicyclic) bond motifs is 1. The van der Waals surface area contributed by atoms with Gasteiger partial charge in [-0.3, -0.25) is 0 Å². The second kappa shape index (κ2) is 6.68. The van der Waals surface area contributed by atoms with Crippen molar-refractivity contribution in [3.05, 3.63) is 59.4 Å². The van der Waals surface area contributed by atoms with Crippen molar-refractivity contribution in [2.75, 3.05) is 13.2 Å². The average Bonchev–Trinajstić information content (AvgIpc) is 3.00. The molecule has 122 valence electrons. The smallest absolute Gasteiger partial charge is 0.240 e. The monoisotopic (exact) mass is 335 g/mol. The van der Waals surface area contributed by atoms with E-state index >= 15 is 0 Å². The van der Waals surface area contributed by atoms with Gasteiger partial charge in [-0.25, -0.2) is 17.5 Å². The lowest BCUT2D eigenvalue weighted by molar-refractivity contribution is 0.322. The summed E-state index contributed by atoms with van der Waals surface area (Å²) in [6, 6.07) is 10.7. The largest absolute Gasteiger partial charge is 0.492 e. The molecule has 4 nitrogen and oxygen atoms in total. The van der Waals surface area contributed by atoms with Crippen molar-refractivity contribution in [3.63, 3.8) is 0 Å². The third-order valence-corrected chi connectivity index (χ3v) is 5.33. The van der Waals surface area contributed by atoms with Gasteiger partial charge in [-0.05, 0) is 66.8 Å². The molecule has 0 fully saturated rings. The van der Waals surface area contributed by atoms with Gasteiger partial charge in [0.05, 0.1) is 4.90 Å². The summed E-state index contributed by atoms with van der Waals surface area (Å²) in [6.07, 6.45) is 3.37. The Hall–Kier alpha value is -1.92. The summed E-state index contributed by atoms with van der Waals surface area (Å²) < 4.78 is 44.9. The van der Waals surface area contributed by atoms with Gasteiger partial charge in [0.1, 0.15) is 18.2 Å². The summed E-state index contributed by atoms with van der Waals surface area (Å²) >= 11 is 0. The van der Waals surface area contributed by atoms with Crippen molar-refractivity contribution >= 4 is 10.0 Å². The number of ether oxygens (including phenoxy) is 1. The number of sulfonamides is 1. The quantitative estimate of drug-likeness (QED) is 0.826. The van der Waals surface area contributed by atoms with Crippen LogP contribution >= 0.6 is 0 Å². The first-order chi connectivity index (χ1) is 11.0. The molecule has 6 heteroatoms. The van der Waals surface area contributed by atoms with Crippen LogP contribution in [-0.2, 0) is 22.9 Å². The van der Waals surface area contributed by atoms with Gasteiger partial charge in [0.2, 0.25) is 10.0 Å². The minimum Gasteiger partial charge on any atom is -0.492 e. The van der Waals surface area contributed by atoms with Crippen LogP contribution in [0.4, 0.5) is 4.39 Å². The van der Waals surface area contributed by atoms with Gasteiger partial charge in [0.15, 0.2) is 0 Å². The van der Waals surface area contributed by atoms with Crippen molar-refractivity contribution in [1.82, 2.24) is 4.72 Å². The zero-order valence-electron chi connectivity index (χ0n) is 12.6. The first-order valence-electron chi connectivity index (χ1n) is 7.54. The van der Waals surface area contributed by atoms with E-state index in [-0.39, 0.29) is 18.0 Å². The van der Waals surface area contributed by atoms with Gasteiger partial charge < -0.3 is 4.74 Å². The van der Waals surface area contributed by atoms with E-state index in [1.807, 2.05) is 12.1 Å². The summed E-state index contributed by atoms with van der Waals surface area (Å²) in [5.74, 6) is 0.288. The fourth-order valence-corrected chi connectivity index (χ4v) is 3.69. The number of nitrogens with one attached hydrogen (secondary N) is 1. The maximum atomic E-state index is 12.8. The zero-order chi connectivity index (χ0) is 16.3. The Morgan fingerprint density at radius 1 is 1.04 bits per heavy atom. The number of aryl methyl sites for hydroxylation is 2. The minimum atomic E-state index is -3.64. The Morgan fingerprint density at radius 2 is 1.78 bits per heavy atom. The molecule has 0 aliphatic heterocycles. The highest BCUT2D eigenvalue weighted by Crippen LogP contribution is 2.25. The summed E-state index contributed by atoms with van der Waals surface area (Å²) in [7, 11) is -3.64. The highest BCUT2D eigenvalue weighted by Gasteiger charge is 2.14. The van der Waals surface area contributed by atoms with Crippen LogP contribution in [0.15, 0.2) is 47.4 Å². The van der Waals surface area contributed by atoms with E-state index in [4.69, 9.17) is 4.74 Å².